The number of rotatable bonds is 2. The van der Waals surface area contributed by atoms with Crippen LogP contribution in [0.3, 0.4) is 0 Å². The molecule has 2 aliphatic heterocycles. The van der Waals surface area contributed by atoms with Crippen LogP contribution in [0.5, 0.6) is 0 Å². The van der Waals surface area contributed by atoms with E-state index < -0.39 is 0 Å². The second-order valence-corrected chi connectivity index (χ2v) is 6.81. The molecular formula is C14H23BN2O3. The molecule has 1 aromatic rings. The molecule has 0 spiro atoms. The van der Waals surface area contributed by atoms with Gasteiger partial charge in [0.2, 0.25) is 0 Å². The van der Waals surface area contributed by atoms with E-state index in [2.05, 4.69) is 44.4 Å². The van der Waals surface area contributed by atoms with Crippen molar-refractivity contribution in [2.45, 2.75) is 58.8 Å². The average molecular weight is 278 g/mol. The second-order valence-electron chi connectivity index (χ2n) is 6.81. The quantitative estimate of drug-likeness (QED) is 0.766. The van der Waals surface area contributed by atoms with Crippen molar-refractivity contribution >= 4 is 12.6 Å². The SMILES string of the molecule is Cc1nn(C2COC2)c(C)c1B1OC(C)(C)C(C)(C)O1. The minimum Gasteiger partial charge on any atom is -0.399 e. The fourth-order valence-electron chi connectivity index (χ4n) is 2.70. The molecule has 3 rings (SSSR count). The van der Waals surface area contributed by atoms with Gasteiger partial charge in [0.05, 0.1) is 36.2 Å². The molecule has 0 unspecified atom stereocenters. The summed E-state index contributed by atoms with van der Waals surface area (Å²) in [5.74, 6) is 0. The van der Waals surface area contributed by atoms with Crippen molar-refractivity contribution in [2.75, 3.05) is 13.2 Å². The van der Waals surface area contributed by atoms with Crippen molar-refractivity contribution in [3.63, 3.8) is 0 Å². The number of hydrogen-bond acceptors (Lipinski definition) is 4. The third-order valence-corrected chi connectivity index (χ3v) is 4.84. The van der Waals surface area contributed by atoms with E-state index in [4.69, 9.17) is 14.0 Å². The molecule has 0 atom stereocenters. The van der Waals surface area contributed by atoms with E-state index >= 15 is 0 Å². The van der Waals surface area contributed by atoms with Crippen molar-refractivity contribution in [3.8, 4) is 0 Å². The van der Waals surface area contributed by atoms with Gasteiger partial charge in [-0.3, -0.25) is 4.68 Å². The van der Waals surface area contributed by atoms with Crippen LogP contribution in [0, 0.1) is 13.8 Å². The van der Waals surface area contributed by atoms with Crippen molar-refractivity contribution in [3.05, 3.63) is 11.4 Å². The van der Waals surface area contributed by atoms with Crippen LogP contribution >= 0.6 is 0 Å². The van der Waals surface area contributed by atoms with Crippen molar-refractivity contribution < 1.29 is 14.0 Å². The van der Waals surface area contributed by atoms with E-state index in [0.717, 1.165) is 30.1 Å². The fraction of sp³-hybridized carbons (Fsp3) is 0.786. The molecule has 0 aliphatic carbocycles. The Morgan fingerprint density at radius 3 is 2.10 bits per heavy atom. The smallest absolute Gasteiger partial charge is 0.399 e. The van der Waals surface area contributed by atoms with Gasteiger partial charge in [0.15, 0.2) is 0 Å². The third-order valence-electron chi connectivity index (χ3n) is 4.84. The third kappa shape index (κ3) is 1.93. The van der Waals surface area contributed by atoms with Crippen LogP contribution in [0.4, 0.5) is 0 Å². The highest BCUT2D eigenvalue weighted by Crippen LogP contribution is 2.37. The Morgan fingerprint density at radius 1 is 1.10 bits per heavy atom. The Bertz CT molecular complexity index is 519. The summed E-state index contributed by atoms with van der Waals surface area (Å²) in [4.78, 5) is 0. The zero-order valence-electron chi connectivity index (χ0n) is 13.2. The molecule has 0 N–H and O–H groups in total. The lowest BCUT2D eigenvalue weighted by atomic mass is 9.77. The minimum absolute atomic E-state index is 0.321. The van der Waals surface area contributed by atoms with E-state index in [1.807, 2.05) is 6.92 Å². The molecule has 6 heteroatoms. The van der Waals surface area contributed by atoms with Gasteiger partial charge in [0.25, 0.3) is 0 Å². The van der Waals surface area contributed by atoms with Crippen LogP contribution in [-0.2, 0) is 14.0 Å². The van der Waals surface area contributed by atoms with Crippen LogP contribution in [0.25, 0.3) is 0 Å². The van der Waals surface area contributed by atoms with Gasteiger partial charge in [-0.05, 0) is 41.5 Å². The largest absolute Gasteiger partial charge is 0.498 e. The van der Waals surface area contributed by atoms with Gasteiger partial charge in [-0.15, -0.1) is 0 Å². The summed E-state index contributed by atoms with van der Waals surface area (Å²) >= 11 is 0. The summed E-state index contributed by atoms with van der Waals surface area (Å²) in [5.41, 5.74) is 2.52. The van der Waals surface area contributed by atoms with Gasteiger partial charge in [0, 0.05) is 11.2 Å². The zero-order chi connectivity index (χ0) is 14.7. The van der Waals surface area contributed by atoms with Gasteiger partial charge in [-0.1, -0.05) is 0 Å². The van der Waals surface area contributed by atoms with Crippen LogP contribution in [0.15, 0.2) is 0 Å². The summed E-state index contributed by atoms with van der Waals surface area (Å²) in [6, 6.07) is 0.352. The van der Waals surface area contributed by atoms with E-state index in [-0.39, 0.29) is 18.3 Å². The van der Waals surface area contributed by atoms with Gasteiger partial charge in [-0.2, -0.15) is 5.10 Å². The molecule has 5 nitrogen and oxygen atoms in total. The van der Waals surface area contributed by atoms with Gasteiger partial charge in [0.1, 0.15) is 0 Å². The molecule has 0 bridgehead atoms. The van der Waals surface area contributed by atoms with Crippen molar-refractivity contribution in [2.24, 2.45) is 0 Å². The highest BCUT2D eigenvalue weighted by atomic mass is 16.7. The monoisotopic (exact) mass is 278 g/mol. The van der Waals surface area contributed by atoms with Crippen LogP contribution in [0.1, 0.15) is 45.1 Å². The van der Waals surface area contributed by atoms with Crippen molar-refractivity contribution in [1.82, 2.24) is 9.78 Å². The molecule has 0 saturated carbocycles. The maximum absolute atomic E-state index is 6.15. The Labute approximate surface area is 120 Å². The summed E-state index contributed by atoms with van der Waals surface area (Å²) in [6.45, 7) is 13.9. The summed E-state index contributed by atoms with van der Waals surface area (Å²) in [6.07, 6.45) is 0. The summed E-state index contributed by atoms with van der Waals surface area (Å²) < 4.78 is 19.6. The number of aromatic nitrogens is 2. The Kier molecular flexibility index (Phi) is 3.05. The first-order chi connectivity index (χ1) is 9.23. The van der Waals surface area contributed by atoms with Crippen LogP contribution < -0.4 is 5.46 Å². The highest BCUT2D eigenvalue weighted by Gasteiger charge is 2.53. The molecule has 2 saturated heterocycles. The first kappa shape index (κ1) is 14.1. The minimum atomic E-state index is -0.338. The molecule has 2 fully saturated rings. The summed E-state index contributed by atoms with van der Waals surface area (Å²) in [7, 11) is -0.338. The molecule has 110 valence electrons. The molecular weight excluding hydrogens is 255 g/mol. The number of aryl methyl sites for hydroxylation is 1. The number of hydrogen-bond donors (Lipinski definition) is 0. The molecule has 2 aliphatic rings. The topological polar surface area (TPSA) is 45.5 Å². The van der Waals surface area contributed by atoms with Gasteiger partial charge in [-0.25, -0.2) is 0 Å². The first-order valence-electron chi connectivity index (χ1n) is 7.22. The molecule has 0 aromatic carbocycles. The van der Waals surface area contributed by atoms with Gasteiger partial charge < -0.3 is 14.0 Å². The van der Waals surface area contributed by atoms with E-state index in [0.29, 0.717) is 6.04 Å². The molecule has 0 radical (unpaired) electrons. The Morgan fingerprint density at radius 2 is 1.65 bits per heavy atom. The predicted octanol–water partition coefficient (Wildman–Crippen LogP) is 1.37. The molecule has 3 heterocycles. The lowest BCUT2D eigenvalue weighted by Gasteiger charge is -2.32. The first-order valence-corrected chi connectivity index (χ1v) is 7.22. The standard InChI is InChI=1S/C14H23BN2O3/c1-9-12(10(2)17(16-9)11-7-18-8-11)15-19-13(3,4)14(5,6)20-15/h11H,7-8H2,1-6H3. The Hall–Kier alpha value is -0.845. The fourth-order valence-corrected chi connectivity index (χ4v) is 2.70. The highest BCUT2D eigenvalue weighted by molar-refractivity contribution is 6.63. The zero-order valence-corrected chi connectivity index (χ0v) is 13.2. The summed E-state index contributed by atoms with van der Waals surface area (Å²) in [5, 5.41) is 4.65. The van der Waals surface area contributed by atoms with E-state index in [1.54, 1.807) is 0 Å². The number of nitrogens with zero attached hydrogens (tertiary/aromatic N) is 2. The normalized spacial score (nSPS) is 25.0. The molecule has 1 aromatic heterocycles. The van der Waals surface area contributed by atoms with E-state index in [1.165, 1.54) is 0 Å². The number of ether oxygens (including phenoxy) is 1. The lowest BCUT2D eigenvalue weighted by Crippen LogP contribution is -2.41. The molecule has 0 amide bonds. The average Bonchev–Trinajstić information content (AvgIpc) is 2.60. The Balaban J connectivity index is 1.94. The van der Waals surface area contributed by atoms with Gasteiger partial charge >= 0.3 is 7.12 Å². The van der Waals surface area contributed by atoms with Crippen LogP contribution in [-0.4, -0.2) is 41.3 Å². The predicted molar refractivity (Wildman–Crippen MR) is 77.3 cm³/mol. The molecule has 20 heavy (non-hydrogen) atoms. The van der Waals surface area contributed by atoms with Crippen molar-refractivity contribution in [1.29, 1.82) is 0 Å². The van der Waals surface area contributed by atoms with Crippen LogP contribution in [0.2, 0.25) is 0 Å². The maximum atomic E-state index is 6.15. The second kappa shape index (κ2) is 4.32. The lowest BCUT2D eigenvalue weighted by molar-refractivity contribution is -0.0295. The maximum Gasteiger partial charge on any atom is 0.498 e. The van der Waals surface area contributed by atoms with E-state index in [9.17, 15) is 0 Å².